The van der Waals surface area contributed by atoms with Crippen molar-refractivity contribution in [3.8, 4) is 11.5 Å². The van der Waals surface area contributed by atoms with E-state index in [9.17, 15) is 15.0 Å². The molecule has 1 amide bonds. The topological polar surface area (TPSA) is 86.6 Å². The second-order valence-corrected chi connectivity index (χ2v) is 7.07. The Kier molecular flexibility index (Phi) is 3.63. The lowest BCUT2D eigenvalue weighted by Crippen LogP contribution is -2.48. The average molecular weight is 339 g/mol. The zero-order valence-electron chi connectivity index (χ0n) is 14.2. The zero-order chi connectivity index (χ0) is 17.6. The number of fused-ring (bicyclic) bond motifs is 2. The van der Waals surface area contributed by atoms with Crippen molar-refractivity contribution < 1.29 is 15.0 Å². The summed E-state index contributed by atoms with van der Waals surface area (Å²) in [6, 6.07) is 4.37. The van der Waals surface area contributed by atoms with E-state index < -0.39 is 0 Å². The number of carbonyl (C=O) groups excluding carboxylic acids is 1. The Morgan fingerprint density at radius 1 is 1.24 bits per heavy atom. The number of rotatable bonds is 1. The van der Waals surface area contributed by atoms with Gasteiger partial charge in [0.05, 0.1) is 5.69 Å². The molecule has 1 spiro atoms. The first kappa shape index (κ1) is 15.9. The summed E-state index contributed by atoms with van der Waals surface area (Å²) >= 11 is 0. The SMILES string of the molecule is Cc1ncc2c(n1)C1(CCCN(C(=O)c3c(O)cccc3O)C1)CC2. The van der Waals surface area contributed by atoms with Crippen LogP contribution in [0.4, 0.5) is 0 Å². The van der Waals surface area contributed by atoms with Gasteiger partial charge in [0.15, 0.2) is 0 Å². The molecule has 1 fully saturated rings. The summed E-state index contributed by atoms with van der Waals surface area (Å²) in [5.74, 6) is 0.0555. The van der Waals surface area contributed by atoms with E-state index in [1.54, 1.807) is 4.90 Å². The van der Waals surface area contributed by atoms with Crippen LogP contribution in [0.1, 0.15) is 46.7 Å². The second kappa shape index (κ2) is 5.72. The average Bonchev–Trinajstić information content (AvgIpc) is 2.92. The molecule has 1 aliphatic carbocycles. The minimum absolute atomic E-state index is 0.0170. The molecule has 130 valence electrons. The van der Waals surface area contributed by atoms with Gasteiger partial charge in [0.2, 0.25) is 0 Å². The van der Waals surface area contributed by atoms with E-state index in [0.717, 1.165) is 37.2 Å². The Hall–Kier alpha value is -2.63. The summed E-state index contributed by atoms with van der Waals surface area (Å²) < 4.78 is 0. The number of phenols is 2. The maximum absolute atomic E-state index is 12.9. The van der Waals surface area contributed by atoms with Crippen molar-refractivity contribution in [3.63, 3.8) is 0 Å². The Balaban J connectivity index is 1.67. The van der Waals surface area contributed by atoms with E-state index in [1.165, 1.54) is 23.8 Å². The second-order valence-electron chi connectivity index (χ2n) is 7.07. The molecular weight excluding hydrogens is 318 g/mol. The monoisotopic (exact) mass is 339 g/mol. The minimum atomic E-state index is -0.325. The molecule has 6 heteroatoms. The highest BCUT2D eigenvalue weighted by atomic mass is 16.3. The van der Waals surface area contributed by atoms with Crippen LogP contribution in [-0.4, -0.2) is 44.1 Å². The molecule has 4 rings (SSSR count). The molecular formula is C19H21N3O3. The predicted octanol–water partition coefficient (Wildman–Crippen LogP) is 2.32. The molecule has 2 N–H and O–H groups in total. The van der Waals surface area contributed by atoms with Crippen LogP contribution in [0, 0.1) is 6.92 Å². The number of hydrogen-bond acceptors (Lipinski definition) is 5. The van der Waals surface area contributed by atoms with Gasteiger partial charge in [0, 0.05) is 24.7 Å². The van der Waals surface area contributed by atoms with Crippen molar-refractivity contribution in [1.29, 1.82) is 0 Å². The maximum atomic E-state index is 12.9. The summed E-state index contributed by atoms with van der Waals surface area (Å²) in [7, 11) is 0. The molecule has 6 nitrogen and oxygen atoms in total. The lowest BCUT2D eigenvalue weighted by molar-refractivity contribution is 0.0627. The zero-order valence-corrected chi connectivity index (χ0v) is 14.2. The summed E-state index contributed by atoms with van der Waals surface area (Å²) in [6.45, 7) is 3.06. The summed E-state index contributed by atoms with van der Waals surface area (Å²) in [5, 5.41) is 20.0. The molecule has 25 heavy (non-hydrogen) atoms. The van der Waals surface area contributed by atoms with Gasteiger partial charge >= 0.3 is 0 Å². The fourth-order valence-corrected chi connectivity index (χ4v) is 4.24. The minimum Gasteiger partial charge on any atom is -0.507 e. The number of aromatic nitrogens is 2. The van der Waals surface area contributed by atoms with Crippen LogP contribution in [-0.2, 0) is 11.8 Å². The first-order valence-electron chi connectivity index (χ1n) is 8.63. The molecule has 1 aromatic heterocycles. The molecule has 2 heterocycles. The van der Waals surface area contributed by atoms with Crippen molar-refractivity contribution in [3.05, 3.63) is 47.0 Å². The van der Waals surface area contributed by atoms with Crippen LogP contribution >= 0.6 is 0 Å². The van der Waals surface area contributed by atoms with Crippen LogP contribution < -0.4 is 0 Å². The third kappa shape index (κ3) is 2.52. The van der Waals surface area contributed by atoms with E-state index >= 15 is 0 Å². The maximum Gasteiger partial charge on any atom is 0.261 e. The van der Waals surface area contributed by atoms with Gasteiger partial charge in [-0.1, -0.05) is 6.07 Å². The van der Waals surface area contributed by atoms with Crippen molar-refractivity contribution in [1.82, 2.24) is 14.9 Å². The molecule has 1 aliphatic heterocycles. The first-order valence-corrected chi connectivity index (χ1v) is 8.63. The fourth-order valence-electron chi connectivity index (χ4n) is 4.24. The lowest BCUT2D eigenvalue weighted by Gasteiger charge is -2.40. The highest BCUT2D eigenvalue weighted by Gasteiger charge is 2.45. The van der Waals surface area contributed by atoms with E-state index in [1.807, 2.05) is 13.1 Å². The number of aromatic hydroxyl groups is 2. The summed E-state index contributed by atoms with van der Waals surface area (Å²) in [4.78, 5) is 23.7. The van der Waals surface area contributed by atoms with Gasteiger partial charge in [0.1, 0.15) is 22.9 Å². The first-order chi connectivity index (χ1) is 12.0. The van der Waals surface area contributed by atoms with Crippen LogP contribution in [0.15, 0.2) is 24.4 Å². The number of piperidine rings is 1. The number of aryl methyl sites for hydroxylation is 2. The molecule has 0 saturated carbocycles. The van der Waals surface area contributed by atoms with E-state index in [-0.39, 0.29) is 28.4 Å². The Bertz CT molecular complexity index is 828. The van der Waals surface area contributed by atoms with Crippen LogP contribution in [0.2, 0.25) is 0 Å². The normalized spacial score (nSPS) is 22.2. The number of amides is 1. The van der Waals surface area contributed by atoms with Gasteiger partial charge in [-0.2, -0.15) is 0 Å². The molecule has 1 saturated heterocycles. The van der Waals surface area contributed by atoms with Crippen LogP contribution in [0.25, 0.3) is 0 Å². The molecule has 0 radical (unpaired) electrons. The Morgan fingerprint density at radius 2 is 2.00 bits per heavy atom. The molecule has 2 aliphatic rings. The predicted molar refractivity (Wildman–Crippen MR) is 91.7 cm³/mol. The van der Waals surface area contributed by atoms with Gasteiger partial charge in [-0.05, 0) is 50.3 Å². The highest BCUT2D eigenvalue weighted by Crippen LogP contribution is 2.44. The standard InChI is InChI=1S/C19H21N3O3/c1-12-20-10-13-6-8-19(17(13)21-12)7-3-9-22(11-19)18(25)16-14(23)4-2-5-15(16)24/h2,4-5,10,23-24H,3,6-9,11H2,1H3. The van der Waals surface area contributed by atoms with E-state index in [4.69, 9.17) is 0 Å². The van der Waals surface area contributed by atoms with E-state index in [0.29, 0.717) is 13.1 Å². The summed E-state index contributed by atoms with van der Waals surface area (Å²) in [6.07, 6.45) is 5.66. The van der Waals surface area contributed by atoms with Crippen molar-refractivity contribution in [2.75, 3.05) is 13.1 Å². The lowest BCUT2D eigenvalue weighted by atomic mass is 9.77. The van der Waals surface area contributed by atoms with Gasteiger partial charge in [-0.25, -0.2) is 9.97 Å². The van der Waals surface area contributed by atoms with Gasteiger partial charge in [-0.3, -0.25) is 4.79 Å². The highest BCUT2D eigenvalue weighted by molar-refractivity contribution is 5.99. The molecule has 1 atom stereocenters. The summed E-state index contributed by atoms with van der Waals surface area (Å²) in [5.41, 5.74) is 2.08. The van der Waals surface area contributed by atoms with Gasteiger partial charge in [0.25, 0.3) is 5.91 Å². The number of hydrogen-bond donors (Lipinski definition) is 2. The number of likely N-dealkylation sites (tertiary alicyclic amines) is 1. The molecule has 0 bridgehead atoms. The van der Waals surface area contributed by atoms with Crippen molar-refractivity contribution >= 4 is 5.91 Å². The molecule has 1 aromatic carbocycles. The van der Waals surface area contributed by atoms with Crippen molar-refractivity contribution in [2.45, 2.75) is 38.0 Å². The third-order valence-electron chi connectivity index (χ3n) is 5.46. The quantitative estimate of drug-likeness (QED) is 0.833. The smallest absolute Gasteiger partial charge is 0.261 e. The van der Waals surface area contributed by atoms with E-state index in [2.05, 4.69) is 9.97 Å². The van der Waals surface area contributed by atoms with Crippen LogP contribution in [0.5, 0.6) is 11.5 Å². The largest absolute Gasteiger partial charge is 0.507 e. The Morgan fingerprint density at radius 3 is 2.76 bits per heavy atom. The fraction of sp³-hybridized carbons (Fsp3) is 0.421. The van der Waals surface area contributed by atoms with Crippen molar-refractivity contribution in [2.24, 2.45) is 0 Å². The number of nitrogens with zero attached hydrogens (tertiary/aromatic N) is 3. The molecule has 2 aromatic rings. The van der Waals surface area contributed by atoms with Gasteiger partial charge < -0.3 is 15.1 Å². The molecule has 1 unspecified atom stereocenters. The number of benzene rings is 1. The third-order valence-corrected chi connectivity index (χ3v) is 5.46. The van der Waals surface area contributed by atoms with Gasteiger partial charge in [-0.15, -0.1) is 0 Å². The number of carbonyl (C=O) groups is 1. The van der Waals surface area contributed by atoms with Crippen LogP contribution in [0.3, 0.4) is 0 Å². The number of phenolic OH excluding ortho intramolecular Hbond substituents is 2. The Labute approximate surface area is 146 Å².